The van der Waals surface area contributed by atoms with Gasteiger partial charge in [-0.1, -0.05) is 45.0 Å². The van der Waals surface area contributed by atoms with Gasteiger partial charge < -0.3 is 15.8 Å². The average molecular weight is 385 g/mol. The number of aryl methyl sites for hydroxylation is 1. The molecule has 0 amide bonds. The number of halogens is 1. The third-order valence-corrected chi connectivity index (χ3v) is 4.31. The van der Waals surface area contributed by atoms with Crippen LogP contribution in [0, 0.1) is 12.8 Å². The molecule has 0 saturated carbocycles. The Labute approximate surface area is 163 Å². The van der Waals surface area contributed by atoms with Crippen molar-refractivity contribution in [2.45, 2.75) is 51.3 Å². The summed E-state index contributed by atoms with van der Waals surface area (Å²) >= 11 is 10.3. The molecule has 1 unspecified atom stereocenters. The molecule has 1 aromatic rings. The molecule has 1 heterocycles. The Morgan fingerprint density at radius 1 is 1.40 bits per heavy atom. The molecule has 3 nitrogen and oxygen atoms in total. The Morgan fingerprint density at radius 3 is 2.48 bits per heavy atom. The number of ether oxygens (including phenoxy) is 1. The van der Waals surface area contributed by atoms with Crippen molar-refractivity contribution in [2.75, 3.05) is 19.7 Å². The fraction of sp³-hybridized carbons (Fsp3) is 0.600. The SMILES string of the molecule is C=CCOc1cc(Cl)c(C)cc1C(N)C1CCNCC1.CC(C)(C)S. The van der Waals surface area contributed by atoms with Gasteiger partial charge >= 0.3 is 0 Å². The van der Waals surface area contributed by atoms with Crippen LogP contribution in [0.3, 0.4) is 0 Å². The van der Waals surface area contributed by atoms with Gasteiger partial charge in [0.15, 0.2) is 0 Å². The van der Waals surface area contributed by atoms with E-state index in [1.54, 1.807) is 6.08 Å². The molecule has 1 aliphatic heterocycles. The van der Waals surface area contributed by atoms with Crippen LogP contribution in [0.4, 0.5) is 0 Å². The van der Waals surface area contributed by atoms with Crippen LogP contribution in [-0.4, -0.2) is 24.4 Å². The molecular weight excluding hydrogens is 352 g/mol. The maximum absolute atomic E-state index is 6.48. The fourth-order valence-corrected chi connectivity index (χ4v) is 2.83. The summed E-state index contributed by atoms with van der Waals surface area (Å²) in [5, 5.41) is 4.08. The lowest BCUT2D eigenvalue weighted by molar-refractivity contribution is 0.307. The van der Waals surface area contributed by atoms with Crippen LogP contribution in [0.25, 0.3) is 0 Å². The lowest BCUT2D eigenvalue weighted by Crippen LogP contribution is -2.34. The Morgan fingerprint density at radius 2 is 1.96 bits per heavy atom. The molecule has 1 aromatic carbocycles. The van der Waals surface area contributed by atoms with Gasteiger partial charge in [0.25, 0.3) is 0 Å². The standard InChI is InChI=1S/C16H23ClN2O.C4H10S/c1-3-8-20-15-10-14(17)11(2)9-13(15)16(18)12-4-6-19-7-5-12;1-4(2,3)5/h3,9-10,12,16,19H,1,4-8,18H2,2H3;5H,1-3H3. The van der Waals surface area contributed by atoms with Crippen molar-refractivity contribution in [3.63, 3.8) is 0 Å². The zero-order valence-electron chi connectivity index (χ0n) is 15.9. The number of nitrogens with one attached hydrogen (secondary N) is 1. The third-order valence-electron chi connectivity index (χ3n) is 3.90. The summed E-state index contributed by atoms with van der Waals surface area (Å²) < 4.78 is 5.93. The highest BCUT2D eigenvalue weighted by Gasteiger charge is 2.24. The number of hydrogen-bond acceptors (Lipinski definition) is 4. The second kappa shape index (κ2) is 10.5. The molecule has 25 heavy (non-hydrogen) atoms. The molecule has 0 spiro atoms. The first kappa shape index (κ1) is 22.4. The van der Waals surface area contributed by atoms with Crippen LogP contribution in [-0.2, 0) is 0 Å². The van der Waals surface area contributed by atoms with Gasteiger partial charge in [0, 0.05) is 21.4 Å². The van der Waals surface area contributed by atoms with Crippen molar-refractivity contribution in [3.8, 4) is 5.75 Å². The van der Waals surface area contributed by atoms with Gasteiger partial charge in [0.1, 0.15) is 12.4 Å². The number of benzene rings is 1. The Kier molecular flexibility index (Phi) is 9.36. The minimum atomic E-state index is -0.00659. The van der Waals surface area contributed by atoms with Gasteiger partial charge in [-0.25, -0.2) is 0 Å². The quantitative estimate of drug-likeness (QED) is 0.498. The van der Waals surface area contributed by atoms with Gasteiger partial charge in [0.05, 0.1) is 0 Å². The number of thiol groups is 1. The van der Waals surface area contributed by atoms with Crippen LogP contribution in [0.1, 0.15) is 50.8 Å². The Bertz CT molecular complexity index is 545. The Balaban J connectivity index is 0.000000550. The highest BCUT2D eigenvalue weighted by molar-refractivity contribution is 7.81. The summed E-state index contributed by atoms with van der Waals surface area (Å²) in [7, 11) is 0. The molecule has 0 aliphatic carbocycles. The summed E-state index contributed by atoms with van der Waals surface area (Å²) in [5.41, 5.74) is 8.58. The smallest absolute Gasteiger partial charge is 0.126 e. The first-order chi connectivity index (χ1) is 11.6. The van der Waals surface area contributed by atoms with E-state index in [9.17, 15) is 0 Å². The largest absolute Gasteiger partial charge is 0.489 e. The number of nitrogens with two attached hydrogens (primary N) is 1. The normalized spacial score (nSPS) is 16.6. The molecular formula is C20H33ClN2OS. The number of piperidine rings is 1. The van der Waals surface area contributed by atoms with E-state index in [1.165, 1.54) is 0 Å². The first-order valence-electron chi connectivity index (χ1n) is 8.86. The van der Waals surface area contributed by atoms with E-state index in [1.807, 2.05) is 13.0 Å². The van der Waals surface area contributed by atoms with Crippen LogP contribution in [0.2, 0.25) is 5.02 Å². The molecule has 1 saturated heterocycles. The van der Waals surface area contributed by atoms with E-state index < -0.39 is 0 Å². The fourth-order valence-electron chi connectivity index (χ4n) is 2.68. The van der Waals surface area contributed by atoms with Crippen LogP contribution in [0.15, 0.2) is 24.8 Å². The summed E-state index contributed by atoms with van der Waals surface area (Å²) in [6, 6.07) is 3.93. The van der Waals surface area contributed by atoms with Crippen molar-refractivity contribution in [3.05, 3.63) is 40.9 Å². The molecule has 0 radical (unpaired) electrons. The van der Waals surface area contributed by atoms with Gasteiger partial charge in [-0.05, 0) is 56.5 Å². The van der Waals surface area contributed by atoms with Gasteiger partial charge in [-0.15, -0.1) is 0 Å². The van der Waals surface area contributed by atoms with Crippen LogP contribution in [0.5, 0.6) is 5.75 Å². The highest BCUT2D eigenvalue weighted by atomic mass is 35.5. The van der Waals surface area contributed by atoms with E-state index in [4.69, 9.17) is 22.1 Å². The van der Waals surface area contributed by atoms with Crippen LogP contribution >= 0.6 is 24.2 Å². The van der Waals surface area contributed by atoms with E-state index in [0.29, 0.717) is 17.5 Å². The molecule has 0 bridgehead atoms. The van der Waals surface area contributed by atoms with E-state index in [0.717, 1.165) is 42.8 Å². The molecule has 2 rings (SSSR count). The van der Waals surface area contributed by atoms with Gasteiger partial charge in [-0.3, -0.25) is 0 Å². The minimum Gasteiger partial charge on any atom is -0.489 e. The molecule has 1 fully saturated rings. The monoisotopic (exact) mass is 384 g/mol. The topological polar surface area (TPSA) is 47.3 Å². The lowest BCUT2D eigenvalue weighted by atomic mass is 9.86. The van der Waals surface area contributed by atoms with Gasteiger partial charge in [-0.2, -0.15) is 12.6 Å². The second-order valence-corrected chi connectivity index (χ2v) is 9.27. The lowest BCUT2D eigenvalue weighted by Gasteiger charge is -2.29. The summed E-state index contributed by atoms with van der Waals surface area (Å²) in [6.45, 7) is 14.4. The van der Waals surface area contributed by atoms with E-state index >= 15 is 0 Å². The van der Waals surface area contributed by atoms with Crippen LogP contribution < -0.4 is 15.8 Å². The zero-order valence-corrected chi connectivity index (χ0v) is 17.6. The minimum absolute atomic E-state index is 0.00659. The van der Waals surface area contributed by atoms with Crippen molar-refractivity contribution >= 4 is 24.2 Å². The molecule has 5 heteroatoms. The predicted octanol–water partition coefficient (Wildman–Crippen LogP) is 4.93. The second-order valence-electron chi connectivity index (χ2n) is 7.52. The molecule has 142 valence electrons. The predicted molar refractivity (Wildman–Crippen MR) is 113 cm³/mol. The van der Waals surface area contributed by atoms with Crippen molar-refractivity contribution < 1.29 is 4.74 Å². The zero-order chi connectivity index (χ0) is 19.0. The molecule has 3 N–H and O–H groups in total. The first-order valence-corrected chi connectivity index (χ1v) is 9.68. The van der Waals surface area contributed by atoms with Crippen molar-refractivity contribution in [1.29, 1.82) is 0 Å². The maximum atomic E-state index is 6.48. The average Bonchev–Trinajstić information content (AvgIpc) is 2.54. The summed E-state index contributed by atoms with van der Waals surface area (Å²) in [5.74, 6) is 1.27. The summed E-state index contributed by atoms with van der Waals surface area (Å²) in [4.78, 5) is 0. The maximum Gasteiger partial charge on any atom is 0.126 e. The Hall–Kier alpha value is -0.680. The number of hydrogen-bond donors (Lipinski definition) is 3. The summed E-state index contributed by atoms with van der Waals surface area (Å²) in [6.07, 6.45) is 3.93. The van der Waals surface area contributed by atoms with E-state index in [2.05, 4.69) is 51.4 Å². The molecule has 0 aromatic heterocycles. The van der Waals surface area contributed by atoms with Crippen molar-refractivity contribution in [1.82, 2.24) is 5.32 Å². The molecule has 1 aliphatic rings. The third kappa shape index (κ3) is 8.50. The highest BCUT2D eigenvalue weighted by Crippen LogP contribution is 2.35. The number of rotatable bonds is 5. The van der Waals surface area contributed by atoms with Gasteiger partial charge in [0.2, 0.25) is 0 Å². The van der Waals surface area contributed by atoms with E-state index in [-0.39, 0.29) is 10.8 Å². The van der Waals surface area contributed by atoms with Crippen molar-refractivity contribution in [2.24, 2.45) is 11.7 Å². The molecule has 1 atom stereocenters.